The molecule has 0 aliphatic carbocycles. The molecule has 1 aromatic carbocycles. The summed E-state index contributed by atoms with van der Waals surface area (Å²) in [5, 5.41) is 0.809. The summed E-state index contributed by atoms with van der Waals surface area (Å²) in [7, 11) is 1.79. The van der Waals surface area contributed by atoms with Crippen molar-refractivity contribution < 1.29 is 28.6 Å². The van der Waals surface area contributed by atoms with Crippen molar-refractivity contribution in [3.8, 4) is 5.75 Å². The number of carbonyl (C=O) groups is 3. The summed E-state index contributed by atoms with van der Waals surface area (Å²) in [6.45, 7) is 1.45. The van der Waals surface area contributed by atoms with Crippen molar-refractivity contribution in [2.75, 3.05) is 39.8 Å². The highest BCUT2D eigenvalue weighted by Crippen LogP contribution is 2.31. The Bertz CT molecular complexity index is 898. The Morgan fingerprint density at radius 3 is 2.40 bits per heavy atom. The van der Waals surface area contributed by atoms with Crippen LogP contribution in [0.3, 0.4) is 0 Å². The number of likely N-dealkylation sites (N-methyl/N-ethyl adjacent to an activating group) is 1. The highest BCUT2D eigenvalue weighted by molar-refractivity contribution is 6.42. The van der Waals surface area contributed by atoms with E-state index in [4.69, 9.17) is 37.4 Å². The van der Waals surface area contributed by atoms with Crippen molar-refractivity contribution in [1.29, 1.82) is 0 Å². The standard InChI is InChI=1S/C19H19Cl2N3O6/c1-22-6-7-24(19(11-22)29-16(25)4-5-17(26)30-19)18(27)23-9-13(10-23)28-12-2-3-14(20)15(21)8-12/h2-5,8,13H,6-7,9-11H2,1H3. The van der Waals surface area contributed by atoms with Gasteiger partial charge in [0.2, 0.25) is 0 Å². The molecule has 0 N–H and O–H groups in total. The smallest absolute Gasteiger partial charge is 0.359 e. The van der Waals surface area contributed by atoms with Crippen molar-refractivity contribution in [3.05, 3.63) is 40.4 Å². The van der Waals surface area contributed by atoms with E-state index in [1.807, 2.05) is 4.90 Å². The largest absolute Gasteiger partial charge is 0.487 e. The van der Waals surface area contributed by atoms with Crippen LogP contribution in [0.25, 0.3) is 0 Å². The molecule has 11 heteroatoms. The molecule has 0 saturated carbocycles. The number of esters is 2. The Hall–Kier alpha value is -2.49. The maximum absolute atomic E-state index is 13.1. The second kappa shape index (κ2) is 7.98. The van der Waals surface area contributed by atoms with Gasteiger partial charge in [-0.05, 0) is 19.2 Å². The lowest BCUT2D eigenvalue weighted by Crippen LogP contribution is -2.70. The Morgan fingerprint density at radius 2 is 1.77 bits per heavy atom. The number of nitrogens with zero attached hydrogens (tertiary/aromatic N) is 3. The minimum atomic E-state index is -1.81. The fourth-order valence-electron chi connectivity index (χ4n) is 3.48. The first-order valence-corrected chi connectivity index (χ1v) is 10.0. The van der Waals surface area contributed by atoms with Crippen molar-refractivity contribution in [1.82, 2.24) is 14.7 Å². The van der Waals surface area contributed by atoms with E-state index in [1.165, 1.54) is 9.80 Å². The maximum Gasteiger partial charge on any atom is 0.359 e. The molecule has 2 saturated heterocycles. The molecule has 9 nitrogen and oxygen atoms in total. The van der Waals surface area contributed by atoms with E-state index in [2.05, 4.69) is 0 Å². The molecule has 3 aliphatic rings. The first-order valence-electron chi connectivity index (χ1n) is 9.26. The zero-order valence-electron chi connectivity index (χ0n) is 16.0. The third kappa shape index (κ3) is 4.05. The van der Waals surface area contributed by atoms with E-state index in [0.717, 1.165) is 12.2 Å². The highest BCUT2D eigenvalue weighted by atomic mass is 35.5. The molecule has 3 heterocycles. The van der Waals surface area contributed by atoms with E-state index in [9.17, 15) is 14.4 Å². The number of benzene rings is 1. The SMILES string of the molecule is CN1CCN(C(=O)N2CC(Oc3ccc(Cl)c(Cl)c3)C2)C2(C1)OC(=O)C=CC(=O)O2. The number of hydrogen-bond acceptors (Lipinski definition) is 7. The molecule has 0 bridgehead atoms. The van der Waals surface area contributed by atoms with Gasteiger partial charge in [-0.25, -0.2) is 19.3 Å². The molecule has 30 heavy (non-hydrogen) atoms. The molecule has 0 atom stereocenters. The summed E-state index contributed by atoms with van der Waals surface area (Å²) in [5.74, 6) is -2.76. The molecule has 1 aromatic rings. The second-order valence-corrected chi connectivity index (χ2v) is 8.10. The van der Waals surface area contributed by atoms with Crippen LogP contribution in [0.5, 0.6) is 5.75 Å². The second-order valence-electron chi connectivity index (χ2n) is 7.28. The third-order valence-electron chi connectivity index (χ3n) is 5.01. The van der Waals surface area contributed by atoms with Gasteiger partial charge < -0.3 is 19.1 Å². The normalized spacial score (nSPS) is 21.7. The van der Waals surface area contributed by atoms with Crippen molar-refractivity contribution in [3.63, 3.8) is 0 Å². The van der Waals surface area contributed by atoms with Crippen molar-refractivity contribution in [2.24, 2.45) is 0 Å². The van der Waals surface area contributed by atoms with Crippen LogP contribution in [0.2, 0.25) is 10.0 Å². The number of piperazine rings is 1. The molecule has 0 aromatic heterocycles. The molecule has 2 amide bonds. The lowest BCUT2D eigenvalue weighted by atomic mass is 10.1. The molecule has 2 fully saturated rings. The van der Waals surface area contributed by atoms with Crippen LogP contribution in [0, 0.1) is 0 Å². The van der Waals surface area contributed by atoms with Crippen LogP contribution in [-0.2, 0) is 19.1 Å². The van der Waals surface area contributed by atoms with Crippen LogP contribution in [0.15, 0.2) is 30.4 Å². The molecule has 4 rings (SSSR count). The quantitative estimate of drug-likeness (QED) is 0.627. The molecule has 0 radical (unpaired) electrons. The van der Waals surface area contributed by atoms with Crippen molar-refractivity contribution in [2.45, 2.75) is 12.0 Å². The molecule has 160 valence electrons. The van der Waals surface area contributed by atoms with Crippen LogP contribution in [0.1, 0.15) is 0 Å². The predicted octanol–water partition coefficient (Wildman–Crippen LogP) is 1.73. The fraction of sp³-hybridized carbons (Fsp3) is 0.421. The van der Waals surface area contributed by atoms with Crippen LogP contribution < -0.4 is 4.74 Å². The van der Waals surface area contributed by atoms with Crippen LogP contribution >= 0.6 is 23.2 Å². The first-order chi connectivity index (χ1) is 14.3. The lowest BCUT2D eigenvalue weighted by molar-refractivity contribution is -0.285. The predicted molar refractivity (Wildman–Crippen MR) is 106 cm³/mol. The van der Waals surface area contributed by atoms with Gasteiger partial charge in [0.1, 0.15) is 11.9 Å². The van der Waals surface area contributed by atoms with E-state index >= 15 is 0 Å². The molecule has 1 spiro atoms. The summed E-state index contributed by atoms with van der Waals surface area (Å²) >= 11 is 11.9. The number of ether oxygens (including phenoxy) is 3. The number of hydrogen-bond donors (Lipinski definition) is 0. The number of urea groups is 1. The van der Waals surface area contributed by atoms with E-state index in [-0.39, 0.29) is 19.2 Å². The van der Waals surface area contributed by atoms with Gasteiger partial charge in [-0.2, -0.15) is 0 Å². The monoisotopic (exact) mass is 455 g/mol. The summed E-state index contributed by atoms with van der Waals surface area (Å²) in [4.78, 5) is 41.7. The average molecular weight is 456 g/mol. The number of rotatable bonds is 2. The number of carbonyl (C=O) groups excluding carboxylic acids is 3. The van der Waals surface area contributed by atoms with Crippen LogP contribution in [-0.4, -0.2) is 84.5 Å². The summed E-state index contributed by atoms with van der Waals surface area (Å²) in [6, 6.07) is 4.55. The number of likely N-dealkylation sites (tertiary alicyclic amines) is 1. The summed E-state index contributed by atoms with van der Waals surface area (Å²) in [6.07, 6.45) is 1.74. The zero-order valence-corrected chi connectivity index (χ0v) is 17.6. The molecular weight excluding hydrogens is 437 g/mol. The van der Waals surface area contributed by atoms with E-state index in [0.29, 0.717) is 35.4 Å². The summed E-state index contributed by atoms with van der Waals surface area (Å²) in [5.41, 5.74) is 0. The first kappa shape index (κ1) is 20.8. The zero-order chi connectivity index (χ0) is 21.5. The summed E-state index contributed by atoms with van der Waals surface area (Å²) < 4.78 is 16.6. The van der Waals surface area contributed by atoms with Gasteiger partial charge in [0.15, 0.2) is 0 Å². The minimum absolute atomic E-state index is 0.0505. The molecular formula is C19H19Cl2N3O6. The fourth-order valence-corrected chi connectivity index (χ4v) is 3.77. The van der Waals surface area contributed by atoms with E-state index in [1.54, 1.807) is 25.2 Å². The number of halogens is 2. The van der Waals surface area contributed by atoms with Gasteiger partial charge in [-0.1, -0.05) is 23.2 Å². The Balaban J connectivity index is 1.44. The maximum atomic E-state index is 13.1. The Labute approximate surface area is 182 Å². The Morgan fingerprint density at radius 1 is 1.10 bits per heavy atom. The topological polar surface area (TPSA) is 88.6 Å². The van der Waals surface area contributed by atoms with E-state index < -0.39 is 23.9 Å². The van der Waals surface area contributed by atoms with Gasteiger partial charge in [0.25, 0.3) is 0 Å². The van der Waals surface area contributed by atoms with Gasteiger partial charge >= 0.3 is 23.9 Å². The minimum Gasteiger partial charge on any atom is -0.487 e. The Kier molecular flexibility index (Phi) is 5.52. The van der Waals surface area contributed by atoms with Gasteiger partial charge in [-0.15, -0.1) is 0 Å². The van der Waals surface area contributed by atoms with Gasteiger partial charge in [-0.3, -0.25) is 4.90 Å². The van der Waals surface area contributed by atoms with Crippen LogP contribution in [0.4, 0.5) is 4.79 Å². The number of amides is 2. The molecule has 0 unspecified atom stereocenters. The van der Waals surface area contributed by atoms with Gasteiger partial charge in [0.05, 0.1) is 29.7 Å². The lowest BCUT2D eigenvalue weighted by Gasteiger charge is -2.49. The molecule has 3 aliphatic heterocycles. The van der Waals surface area contributed by atoms with Gasteiger partial charge in [0, 0.05) is 31.3 Å². The average Bonchev–Trinajstić information content (AvgIpc) is 2.78. The highest BCUT2D eigenvalue weighted by Gasteiger charge is 2.53. The third-order valence-corrected chi connectivity index (χ3v) is 5.74. The van der Waals surface area contributed by atoms with Crippen molar-refractivity contribution >= 4 is 41.2 Å².